The first-order chi connectivity index (χ1) is 7.97. The lowest BCUT2D eigenvalue weighted by atomic mass is 9.86. The van der Waals surface area contributed by atoms with Crippen LogP contribution in [-0.2, 0) is 4.74 Å². The fraction of sp³-hybridized carbons (Fsp3) is 0.917. The smallest absolute Gasteiger partial charge is 0.0963 e. The van der Waals surface area contributed by atoms with Gasteiger partial charge in [0.05, 0.1) is 31.7 Å². The van der Waals surface area contributed by atoms with E-state index in [1.54, 1.807) is 0 Å². The number of hydrogen-bond acceptors (Lipinski definition) is 4. The number of aliphatic hydroxyl groups excluding tert-OH is 1. The second-order valence-electron chi connectivity index (χ2n) is 5.35. The number of nitrogens with two attached hydrogens (primary N) is 1. The van der Waals surface area contributed by atoms with Crippen molar-refractivity contribution >= 4 is 5.84 Å². The van der Waals surface area contributed by atoms with Crippen molar-refractivity contribution in [2.45, 2.75) is 32.7 Å². The van der Waals surface area contributed by atoms with Crippen LogP contribution in [0.1, 0.15) is 26.7 Å². The van der Waals surface area contributed by atoms with Gasteiger partial charge in [-0.2, -0.15) is 0 Å². The van der Waals surface area contributed by atoms with E-state index in [0.29, 0.717) is 6.61 Å². The van der Waals surface area contributed by atoms with Crippen molar-refractivity contribution in [3.05, 3.63) is 0 Å². The van der Waals surface area contributed by atoms with Crippen molar-refractivity contribution in [2.75, 3.05) is 32.9 Å². The maximum absolute atomic E-state index is 9.23. The Hall–Kier alpha value is -0.650. The molecule has 0 aromatic rings. The highest BCUT2D eigenvalue weighted by Gasteiger charge is 2.24. The normalized spacial score (nSPS) is 22.6. The zero-order valence-corrected chi connectivity index (χ0v) is 10.9. The number of aliphatic hydroxyl groups is 1. The molecule has 1 aliphatic heterocycles. The largest absolute Gasteiger partial charge is 0.395 e. The molecule has 0 amide bonds. The van der Waals surface area contributed by atoms with Crippen LogP contribution in [0.25, 0.3) is 0 Å². The van der Waals surface area contributed by atoms with Crippen LogP contribution in [0.5, 0.6) is 0 Å². The van der Waals surface area contributed by atoms with Gasteiger partial charge in [-0.25, -0.2) is 0 Å². The molecule has 100 valence electrons. The Labute approximate surface area is 103 Å². The van der Waals surface area contributed by atoms with E-state index in [-0.39, 0.29) is 23.9 Å². The molecule has 17 heavy (non-hydrogen) atoms. The second kappa shape index (κ2) is 6.33. The number of nitrogens with zero attached hydrogens (tertiary/aromatic N) is 1. The molecule has 4 N–H and O–H groups in total. The third-order valence-electron chi connectivity index (χ3n) is 3.54. The minimum absolute atomic E-state index is 0.129. The van der Waals surface area contributed by atoms with E-state index in [2.05, 4.69) is 4.90 Å². The second-order valence-corrected chi connectivity index (χ2v) is 5.35. The number of ether oxygens (including phenoxy) is 1. The molecule has 0 saturated carbocycles. The van der Waals surface area contributed by atoms with Crippen molar-refractivity contribution < 1.29 is 9.84 Å². The van der Waals surface area contributed by atoms with E-state index < -0.39 is 0 Å². The minimum Gasteiger partial charge on any atom is -0.395 e. The van der Waals surface area contributed by atoms with Crippen molar-refractivity contribution in [3.8, 4) is 0 Å². The van der Waals surface area contributed by atoms with Crippen LogP contribution in [0.15, 0.2) is 0 Å². The van der Waals surface area contributed by atoms with Gasteiger partial charge in [0.2, 0.25) is 0 Å². The Morgan fingerprint density at radius 2 is 2.29 bits per heavy atom. The summed E-state index contributed by atoms with van der Waals surface area (Å²) in [5, 5.41) is 16.7. The number of hydrogen-bond donors (Lipinski definition) is 3. The molecule has 1 atom stereocenters. The van der Waals surface area contributed by atoms with Gasteiger partial charge in [0.25, 0.3) is 0 Å². The van der Waals surface area contributed by atoms with Crippen molar-refractivity contribution in [1.82, 2.24) is 4.90 Å². The topological polar surface area (TPSA) is 82.6 Å². The Morgan fingerprint density at radius 3 is 2.88 bits per heavy atom. The van der Waals surface area contributed by atoms with E-state index in [0.717, 1.165) is 32.5 Å². The van der Waals surface area contributed by atoms with Crippen LogP contribution in [0, 0.1) is 10.8 Å². The molecule has 0 aromatic heterocycles. The zero-order valence-electron chi connectivity index (χ0n) is 10.9. The number of morpholine rings is 1. The molecule has 0 aromatic carbocycles. The predicted molar refractivity (Wildman–Crippen MR) is 68.2 cm³/mol. The third-order valence-corrected chi connectivity index (χ3v) is 3.54. The molecule has 1 heterocycles. The molecular weight excluding hydrogens is 218 g/mol. The highest BCUT2D eigenvalue weighted by atomic mass is 16.5. The Bertz CT molecular complexity index is 256. The van der Waals surface area contributed by atoms with Crippen LogP contribution in [0.3, 0.4) is 0 Å². The first kappa shape index (κ1) is 14.4. The van der Waals surface area contributed by atoms with E-state index in [9.17, 15) is 5.11 Å². The molecule has 1 aliphatic rings. The highest BCUT2D eigenvalue weighted by molar-refractivity contribution is 5.82. The van der Waals surface area contributed by atoms with Crippen molar-refractivity contribution in [1.29, 1.82) is 5.41 Å². The van der Waals surface area contributed by atoms with Crippen LogP contribution >= 0.6 is 0 Å². The average molecular weight is 243 g/mol. The van der Waals surface area contributed by atoms with Gasteiger partial charge in [0.15, 0.2) is 0 Å². The molecule has 5 nitrogen and oxygen atoms in total. The maximum Gasteiger partial charge on any atom is 0.0963 e. The van der Waals surface area contributed by atoms with Crippen molar-refractivity contribution in [3.63, 3.8) is 0 Å². The SMILES string of the molecule is CC(C)(CCCN1CCOCC1CO)C(=N)N. The summed E-state index contributed by atoms with van der Waals surface area (Å²) in [5.74, 6) is 0.248. The predicted octanol–water partition coefficient (Wildman–Crippen LogP) is 0.422. The molecule has 1 unspecified atom stereocenters. The van der Waals surface area contributed by atoms with Crippen LogP contribution < -0.4 is 5.73 Å². The van der Waals surface area contributed by atoms with Gasteiger partial charge < -0.3 is 15.6 Å². The lowest BCUT2D eigenvalue weighted by Crippen LogP contribution is -2.48. The van der Waals surface area contributed by atoms with Gasteiger partial charge in [-0.05, 0) is 19.4 Å². The van der Waals surface area contributed by atoms with Gasteiger partial charge in [0.1, 0.15) is 0 Å². The molecule has 0 aliphatic carbocycles. The summed E-state index contributed by atoms with van der Waals surface area (Å²) >= 11 is 0. The molecule has 0 radical (unpaired) electrons. The monoisotopic (exact) mass is 243 g/mol. The van der Waals surface area contributed by atoms with Crippen molar-refractivity contribution in [2.24, 2.45) is 11.1 Å². The summed E-state index contributed by atoms with van der Waals surface area (Å²) in [5.41, 5.74) is 5.33. The zero-order chi connectivity index (χ0) is 12.9. The van der Waals surface area contributed by atoms with Gasteiger partial charge in [0, 0.05) is 12.0 Å². The molecule has 1 fully saturated rings. The average Bonchev–Trinajstić information content (AvgIpc) is 2.29. The summed E-state index contributed by atoms with van der Waals surface area (Å²) in [6.07, 6.45) is 1.89. The molecule has 5 heteroatoms. The lowest BCUT2D eigenvalue weighted by molar-refractivity contribution is -0.0282. The lowest BCUT2D eigenvalue weighted by Gasteiger charge is -2.35. The van der Waals surface area contributed by atoms with E-state index >= 15 is 0 Å². The van der Waals surface area contributed by atoms with E-state index in [1.807, 2.05) is 13.8 Å². The highest BCUT2D eigenvalue weighted by Crippen LogP contribution is 2.22. The molecule has 1 saturated heterocycles. The summed E-state index contributed by atoms with van der Waals surface area (Å²) in [6, 6.07) is 0.129. The Balaban J connectivity index is 2.32. The minimum atomic E-state index is -0.221. The molecule has 0 bridgehead atoms. The fourth-order valence-corrected chi connectivity index (χ4v) is 2.01. The van der Waals surface area contributed by atoms with Gasteiger partial charge in [-0.15, -0.1) is 0 Å². The van der Waals surface area contributed by atoms with Gasteiger partial charge >= 0.3 is 0 Å². The fourth-order valence-electron chi connectivity index (χ4n) is 2.01. The molecular formula is C12H25N3O2. The maximum atomic E-state index is 9.23. The first-order valence-corrected chi connectivity index (χ1v) is 6.24. The van der Waals surface area contributed by atoms with Gasteiger partial charge in [-0.3, -0.25) is 10.3 Å². The van der Waals surface area contributed by atoms with Crippen LogP contribution in [0.2, 0.25) is 0 Å². The summed E-state index contributed by atoms with van der Waals surface area (Å²) < 4.78 is 5.33. The number of rotatable bonds is 6. The standard InChI is InChI=1S/C12H25N3O2/c1-12(2,11(13)14)4-3-5-15-6-7-17-9-10(15)8-16/h10,16H,3-9H2,1-2H3,(H3,13,14). The summed E-state index contributed by atoms with van der Waals surface area (Å²) in [4.78, 5) is 2.26. The number of nitrogens with one attached hydrogen (secondary N) is 1. The van der Waals surface area contributed by atoms with Crippen LogP contribution in [-0.4, -0.2) is 54.8 Å². The summed E-state index contributed by atoms with van der Waals surface area (Å²) in [7, 11) is 0. The molecule has 1 rings (SSSR count). The Kier molecular flexibility index (Phi) is 5.36. The molecule has 0 spiro atoms. The van der Waals surface area contributed by atoms with Crippen LogP contribution in [0.4, 0.5) is 0 Å². The Morgan fingerprint density at radius 1 is 1.59 bits per heavy atom. The third kappa shape index (κ3) is 4.26. The van der Waals surface area contributed by atoms with E-state index in [4.69, 9.17) is 15.9 Å². The van der Waals surface area contributed by atoms with Gasteiger partial charge in [-0.1, -0.05) is 13.8 Å². The summed E-state index contributed by atoms with van der Waals surface area (Å²) in [6.45, 7) is 7.32. The quantitative estimate of drug-likeness (QED) is 0.466. The number of amidine groups is 1. The van der Waals surface area contributed by atoms with E-state index in [1.165, 1.54) is 0 Å². The first-order valence-electron chi connectivity index (χ1n) is 6.24.